The first-order valence-electron chi connectivity index (χ1n) is 29.2. The summed E-state index contributed by atoms with van der Waals surface area (Å²) in [5.41, 5.74) is 0. The maximum Gasteiger partial charge on any atom is 0.472 e. The second-order valence-electron chi connectivity index (χ2n) is 19.4. The van der Waals surface area contributed by atoms with Crippen molar-refractivity contribution in [1.29, 1.82) is 0 Å². The summed E-state index contributed by atoms with van der Waals surface area (Å²) in [6, 6.07) is 0. The smallest absolute Gasteiger partial charge is 0.462 e. The Kier molecular flexibility index (Phi) is 52.3. The van der Waals surface area contributed by atoms with Gasteiger partial charge >= 0.3 is 25.7 Å². The van der Waals surface area contributed by atoms with Crippen molar-refractivity contribution in [2.45, 2.75) is 277 Å². The molecule has 3 atom stereocenters. The number of rotatable bonds is 54. The maximum absolute atomic E-state index is 12.9. The molecule has 0 spiro atoms. The first-order valence-corrected chi connectivity index (χ1v) is 30.7. The molecule has 0 aromatic rings. The zero-order chi connectivity index (χ0) is 52.7. The van der Waals surface area contributed by atoms with Crippen molar-refractivity contribution in [1.82, 2.24) is 0 Å². The molecule has 0 rings (SSSR count). The lowest BCUT2D eigenvalue weighted by Gasteiger charge is -2.21. The van der Waals surface area contributed by atoms with Gasteiger partial charge in [0.1, 0.15) is 12.7 Å². The number of aliphatic hydroxyl groups excluding tert-OH is 1. The van der Waals surface area contributed by atoms with Crippen molar-refractivity contribution in [2.24, 2.45) is 0 Å². The number of allylic oxidation sites excluding steroid dienone is 10. The van der Waals surface area contributed by atoms with E-state index in [1.807, 2.05) is 0 Å². The Balaban J connectivity index is 4.71. The van der Waals surface area contributed by atoms with E-state index in [9.17, 15) is 28.9 Å². The zero-order valence-corrected chi connectivity index (χ0v) is 47.0. The van der Waals surface area contributed by atoms with E-state index in [0.717, 1.165) is 116 Å². The van der Waals surface area contributed by atoms with Gasteiger partial charge in [-0.25, -0.2) is 4.57 Å². The van der Waals surface area contributed by atoms with Crippen molar-refractivity contribution >= 4 is 25.7 Å². The number of carbonyl (C=O) groups excluding carboxylic acids is 3. The number of carbonyl (C=O) groups is 3. The van der Waals surface area contributed by atoms with Crippen LogP contribution in [-0.2, 0) is 42.2 Å². The molecule has 2 N–H and O–H groups in total. The van der Waals surface area contributed by atoms with Gasteiger partial charge in [0, 0.05) is 19.3 Å². The van der Waals surface area contributed by atoms with E-state index >= 15 is 0 Å². The van der Waals surface area contributed by atoms with Crippen molar-refractivity contribution in [3.05, 3.63) is 60.8 Å². The summed E-state index contributed by atoms with van der Waals surface area (Å²) in [5, 5.41) is 9.81. The largest absolute Gasteiger partial charge is 0.472 e. The van der Waals surface area contributed by atoms with Crippen LogP contribution in [0.25, 0.3) is 0 Å². The summed E-state index contributed by atoms with van der Waals surface area (Å²) >= 11 is 0. The van der Waals surface area contributed by atoms with Crippen LogP contribution in [0.2, 0.25) is 0 Å². The Labute approximate surface area is 440 Å². The molecule has 12 heteroatoms. The van der Waals surface area contributed by atoms with Gasteiger partial charge in [0.15, 0.2) is 6.10 Å². The van der Waals surface area contributed by atoms with Crippen LogP contribution in [0.4, 0.5) is 0 Å². The van der Waals surface area contributed by atoms with Gasteiger partial charge < -0.3 is 24.2 Å². The highest BCUT2D eigenvalue weighted by molar-refractivity contribution is 7.47. The maximum atomic E-state index is 12.9. The van der Waals surface area contributed by atoms with Crippen LogP contribution < -0.4 is 0 Å². The minimum absolute atomic E-state index is 0.157. The molecule has 72 heavy (non-hydrogen) atoms. The summed E-state index contributed by atoms with van der Waals surface area (Å²) in [7, 11) is -4.75. The number of phosphoric ester groups is 1. The SMILES string of the molecule is CC/C=C\C/C=C\C/C=C\CCCCCCCC(=O)OC(CO)COP(=O)(O)OCC(COC(=O)CCCCCCC/C=C\C/C=C\CCC)OC(=O)CCCCCCCCCCCCCCCCCCC. The highest BCUT2D eigenvalue weighted by Gasteiger charge is 2.28. The van der Waals surface area contributed by atoms with Crippen LogP contribution in [0.1, 0.15) is 265 Å². The fourth-order valence-electron chi connectivity index (χ4n) is 8.00. The Bertz CT molecular complexity index is 1440. The van der Waals surface area contributed by atoms with Crippen LogP contribution in [0.3, 0.4) is 0 Å². The summed E-state index contributed by atoms with van der Waals surface area (Å²) < 4.78 is 39.5. The monoisotopic (exact) mass is 1030 g/mol. The normalized spacial score (nSPS) is 13.8. The highest BCUT2D eigenvalue weighted by atomic mass is 31.2. The van der Waals surface area contributed by atoms with Crippen molar-refractivity contribution in [3.63, 3.8) is 0 Å². The molecule has 3 unspecified atom stereocenters. The predicted octanol–water partition coefficient (Wildman–Crippen LogP) is 17.1. The zero-order valence-electron chi connectivity index (χ0n) is 46.1. The summed E-state index contributed by atoms with van der Waals surface area (Å²) in [6.07, 6.45) is 58.9. The highest BCUT2D eigenvalue weighted by Crippen LogP contribution is 2.43. The van der Waals surface area contributed by atoms with E-state index in [0.29, 0.717) is 19.3 Å². The molecule has 0 aromatic heterocycles. The molecule has 0 aliphatic carbocycles. The van der Waals surface area contributed by atoms with Crippen LogP contribution in [0, 0.1) is 0 Å². The third-order valence-electron chi connectivity index (χ3n) is 12.4. The lowest BCUT2D eigenvalue weighted by Crippen LogP contribution is -2.30. The number of ether oxygens (including phenoxy) is 3. The molecule has 0 saturated heterocycles. The van der Waals surface area contributed by atoms with Crippen LogP contribution in [0.15, 0.2) is 60.8 Å². The van der Waals surface area contributed by atoms with Gasteiger partial charge in [-0.05, 0) is 77.0 Å². The van der Waals surface area contributed by atoms with Gasteiger partial charge in [-0.3, -0.25) is 23.4 Å². The number of hydrogen-bond donors (Lipinski definition) is 2. The Morgan fingerprint density at radius 3 is 1.17 bits per heavy atom. The Morgan fingerprint density at radius 1 is 0.403 bits per heavy atom. The summed E-state index contributed by atoms with van der Waals surface area (Å²) in [6.45, 7) is 4.46. The number of aliphatic hydroxyl groups is 1. The van der Waals surface area contributed by atoms with Gasteiger partial charge in [-0.15, -0.1) is 0 Å². The summed E-state index contributed by atoms with van der Waals surface area (Å²) in [5.74, 6) is -1.49. The lowest BCUT2D eigenvalue weighted by molar-refractivity contribution is -0.161. The fraction of sp³-hybridized carbons (Fsp3) is 0.783. The second kappa shape index (κ2) is 54.4. The topological polar surface area (TPSA) is 155 Å². The first kappa shape index (κ1) is 69.2. The molecule has 0 aliphatic rings. The van der Waals surface area contributed by atoms with E-state index in [2.05, 4.69) is 81.5 Å². The third kappa shape index (κ3) is 52.1. The minimum atomic E-state index is -4.75. The van der Waals surface area contributed by atoms with E-state index in [1.165, 1.54) is 89.9 Å². The number of phosphoric acid groups is 1. The van der Waals surface area contributed by atoms with Crippen LogP contribution >= 0.6 is 7.82 Å². The number of esters is 3. The van der Waals surface area contributed by atoms with Gasteiger partial charge in [0.25, 0.3) is 0 Å². The van der Waals surface area contributed by atoms with E-state index in [4.69, 9.17) is 23.3 Å². The van der Waals surface area contributed by atoms with Gasteiger partial charge in [0.05, 0.1) is 19.8 Å². The van der Waals surface area contributed by atoms with E-state index in [1.54, 1.807) is 0 Å². The molecule has 418 valence electrons. The van der Waals surface area contributed by atoms with E-state index in [-0.39, 0.29) is 25.9 Å². The average Bonchev–Trinajstić information content (AvgIpc) is 3.37. The molecule has 0 bridgehead atoms. The number of hydrogen-bond acceptors (Lipinski definition) is 10. The first-order chi connectivity index (χ1) is 35.2. The third-order valence-corrected chi connectivity index (χ3v) is 13.4. The molecular formula is C60H107O11P. The molecule has 0 aliphatic heterocycles. The van der Waals surface area contributed by atoms with Gasteiger partial charge in [-0.2, -0.15) is 0 Å². The molecule has 0 heterocycles. The quantitative estimate of drug-likeness (QED) is 0.0197. The molecule has 0 aromatic carbocycles. The standard InChI is InChI=1S/C60H107O11P/c1-4-7-10-13-16-19-22-25-27-28-30-33-36-39-42-45-48-51-60(64)71-57(53-67-58(62)49-46-43-40-37-34-31-24-21-18-15-12-9-6-3)55-69-72(65,66)68-54-56(52-61)70-59(63)50-47-44-41-38-35-32-29-26-23-20-17-14-11-8-5-2/h8,11-12,15,17,20-21,24,26,29,56-57,61H,4-7,9-10,13-14,16,18-19,22-23,25,27-28,30-55H2,1-3H3,(H,65,66)/b11-8-,15-12-,20-17-,24-21-,29-26-. The van der Waals surface area contributed by atoms with Gasteiger partial charge in [-0.1, -0.05) is 229 Å². The van der Waals surface area contributed by atoms with Gasteiger partial charge in [0.2, 0.25) is 0 Å². The van der Waals surface area contributed by atoms with Crippen molar-refractivity contribution in [2.75, 3.05) is 26.4 Å². The molecule has 0 radical (unpaired) electrons. The van der Waals surface area contributed by atoms with Crippen LogP contribution in [0.5, 0.6) is 0 Å². The van der Waals surface area contributed by atoms with Crippen molar-refractivity contribution in [3.8, 4) is 0 Å². The molecular weight excluding hydrogens is 928 g/mol. The van der Waals surface area contributed by atoms with Crippen LogP contribution in [-0.4, -0.2) is 66.5 Å². The fourth-order valence-corrected chi connectivity index (χ4v) is 8.78. The Morgan fingerprint density at radius 2 is 0.750 bits per heavy atom. The number of unbranched alkanes of at least 4 members (excludes halogenated alkanes) is 27. The molecule has 11 nitrogen and oxygen atoms in total. The molecule has 0 fully saturated rings. The molecule has 0 saturated carbocycles. The van der Waals surface area contributed by atoms with E-state index < -0.39 is 57.8 Å². The second-order valence-corrected chi connectivity index (χ2v) is 20.9. The minimum Gasteiger partial charge on any atom is -0.462 e. The molecule has 0 amide bonds. The van der Waals surface area contributed by atoms with Crippen molar-refractivity contribution < 1.29 is 52.2 Å². The predicted molar refractivity (Wildman–Crippen MR) is 298 cm³/mol. The summed E-state index contributed by atoms with van der Waals surface area (Å²) in [4.78, 5) is 48.5. The average molecular weight is 1040 g/mol. The Hall–Kier alpha value is -2.82. The lowest BCUT2D eigenvalue weighted by atomic mass is 10.0.